The van der Waals surface area contributed by atoms with Crippen LogP contribution in [0.25, 0.3) is 0 Å². The van der Waals surface area contributed by atoms with Crippen molar-refractivity contribution in [2.75, 3.05) is 24.1 Å². The van der Waals surface area contributed by atoms with Crippen molar-refractivity contribution in [1.82, 2.24) is 4.90 Å². The van der Waals surface area contributed by atoms with E-state index in [2.05, 4.69) is 36.5 Å². The van der Waals surface area contributed by atoms with Crippen LogP contribution in [-0.4, -0.2) is 29.9 Å². The number of hydrogen-bond donors (Lipinski definition) is 2. The fraction of sp³-hybridized carbons (Fsp3) is 0.350. The first kappa shape index (κ1) is 22.1. The summed E-state index contributed by atoms with van der Waals surface area (Å²) in [5.74, 6) is 0.203. The van der Waals surface area contributed by atoms with Crippen molar-refractivity contribution in [2.45, 2.75) is 32.2 Å². The van der Waals surface area contributed by atoms with Gasteiger partial charge in [0, 0.05) is 30.5 Å². The molecule has 1 heterocycles. The third-order valence-corrected chi connectivity index (χ3v) is 4.57. The van der Waals surface area contributed by atoms with Gasteiger partial charge in [-0.1, -0.05) is 24.3 Å². The second kappa shape index (κ2) is 10.3. The number of benzene rings is 2. The number of piperidine rings is 1. The second-order valence-electron chi connectivity index (χ2n) is 6.59. The minimum Gasteiger partial charge on any atom is -0.399 e. The molecule has 0 atom stereocenters. The molecule has 2 aromatic carbocycles. The molecular weight excluding hydrogens is 369 g/mol. The molecule has 0 aliphatic carbocycles. The van der Waals surface area contributed by atoms with Gasteiger partial charge in [-0.15, -0.1) is 24.8 Å². The Bertz CT molecular complexity index is 698. The monoisotopic (exact) mass is 395 g/mol. The van der Waals surface area contributed by atoms with Crippen molar-refractivity contribution in [1.29, 1.82) is 0 Å². The highest BCUT2D eigenvalue weighted by atomic mass is 35.5. The lowest BCUT2D eigenvalue weighted by Crippen LogP contribution is -2.43. The van der Waals surface area contributed by atoms with Gasteiger partial charge in [0.1, 0.15) is 0 Å². The number of carbonyl (C=O) groups is 1. The van der Waals surface area contributed by atoms with Crippen molar-refractivity contribution in [3.05, 3.63) is 59.7 Å². The van der Waals surface area contributed by atoms with Gasteiger partial charge in [0.15, 0.2) is 0 Å². The number of carbonyl (C=O) groups excluding carboxylic acids is 1. The second-order valence-corrected chi connectivity index (χ2v) is 6.59. The lowest BCUT2D eigenvalue weighted by Gasteiger charge is -2.33. The fourth-order valence-corrected chi connectivity index (χ4v) is 3.17. The average molecular weight is 396 g/mol. The maximum atomic E-state index is 12.4. The first-order valence-corrected chi connectivity index (χ1v) is 8.55. The molecule has 3 rings (SSSR count). The number of hydrogen-bond acceptors (Lipinski definition) is 3. The van der Waals surface area contributed by atoms with Crippen LogP contribution in [0.4, 0.5) is 11.4 Å². The number of aryl methyl sites for hydroxylation is 1. The van der Waals surface area contributed by atoms with Gasteiger partial charge in [0.2, 0.25) is 5.91 Å². The first-order chi connectivity index (χ1) is 11.6. The van der Waals surface area contributed by atoms with Crippen LogP contribution in [0.5, 0.6) is 0 Å². The van der Waals surface area contributed by atoms with Gasteiger partial charge in [0.05, 0.1) is 6.42 Å². The summed E-state index contributed by atoms with van der Waals surface area (Å²) in [7, 11) is 0. The van der Waals surface area contributed by atoms with Crippen LogP contribution in [0.1, 0.15) is 24.0 Å². The Labute approximate surface area is 168 Å². The summed E-state index contributed by atoms with van der Waals surface area (Å²) in [6.45, 7) is 3.73. The number of halogens is 2. The zero-order chi connectivity index (χ0) is 16.9. The Hall–Kier alpha value is -1.91. The van der Waals surface area contributed by atoms with Crippen LogP contribution in [0.3, 0.4) is 0 Å². The van der Waals surface area contributed by atoms with E-state index in [4.69, 9.17) is 5.73 Å². The number of rotatable bonds is 4. The Morgan fingerprint density at radius 2 is 1.77 bits per heavy atom. The SMILES string of the molecule is Cc1cccc(NC2CCN(C(=O)Cc3ccc(N)cc3)CC2)c1.Cl.Cl. The predicted octanol–water partition coefficient (Wildman–Crippen LogP) is 4.07. The number of nitrogen functional groups attached to an aromatic ring is 1. The Morgan fingerprint density at radius 3 is 2.38 bits per heavy atom. The van der Waals surface area contributed by atoms with Crippen LogP contribution < -0.4 is 11.1 Å². The van der Waals surface area contributed by atoms with Crippen LogP contribution in [0.2, 0.25) is 0 Å². The zero-order valence-corrected chi connectivity index (χ0v) is 16.6. The van der Waals surface area contributed by atoms with E-state index in [1.54, 1.807) is 0 Å². The summed E-state index contributed by atoms with van der Waals surface area (Å²) in [6.07, 6.45) is 2.43. The topological polar surface area (TPSA) is 58.4 Å². The molecule has 1 amide bonds. The minimum atomic E-state index is 0. The molecule has 4 nitrogen and oxygen atoms in total. The Morgan fingerprint density at radius 1 is 1.12 bits per heavy atom. The highest BCUT2D eigenvalue weighted by Gasteiger charge is 2.22. The summed E-state index contributed by atoms with van der Waals surface area (Å²) < 4.78 is 0. The number of nitrogens with one attached hydrogen (secondary N) is 1. The van der Waals surface area contributed by atoms with Crippen molar-refractivity contribution in [3.8, 4) is 0 Å². The van der Waals surface area contributed by atoms with Gasteiger partial charge in [-0.25, -0.2) is 0 Å². The summed E-state index contributed by atoms with van der Waals surface area (Å²) in [5, 5.41) is 3.59. The van der Waals surface area contributed by atoms with Gasteiger partial charge in [0.25, 0.3) is 0 Å². The Balaban J connectivity index is 0.00000169. The summed E-state index contributed by atoms with van der Waals surface area (Å²) in [6, 6.07) is 16.4. The molecule has 6 heteroatoms. The van der Waals surface area contributed by atoms with Gasteiger partial charge in [-0.05, 0) is 55.2 Å². The summed E-state index contributed by atoms with van der Waals surface area (Å²) in [4.78, 5) is 14.4. The molecule has 0 bridgehead atoms. The van der Waals surface area contributed by atoms with E-state index in [1.807, 2.05) is 29.2 Å². The standard InChI is InChI=1S/C20H25N3O.2ClH/c1-15-3-2-4-19(13-15)22-18-9-11-23(12-10-18)20(24)14-16-5-7-17(21)8-6-16;;/h2-8,13,18,22H,9-12,14,21H2,1H3;2*1H. The molecule has 0 unspecified atom stereocenters. The maximum absolute atomic E-state index is 12.4. The van der Waals surface area contributed by atoms with Crippen molar-refractivity contribution >= 4 is 42.1 Å². The average Bonchev–Trinajstić information content (AvgIpc) is 2.57. The highest BCUT2D eigenvalue weighted by molar-refractivity contribution is 5.85. The van der Waals surface area contributed by atoms with Crippen molar-refractivity contribution in [3.63, 3.8) is 0 Å². The number of nitrogens with zero attached hydrogens (tertiary/aromatic N) is 1. The number of likely N-dealkylation sites (tertiary alicyclic amines) is 1. The number of anilines is 2. The molecule has 2 aromatic rings. The van der Waals surface area contributed by atoms with Gasteiger partial charge in [-0.3, -0.25) is 4.79 Å². The molecule has 0 saturated carbocycles. The first-order valence-electron chi connectivity index (χ1n) is 8.55. The minimum absolute atomic E-state index is 0. The molecule has 1 aliphatic rings. The van der Waals surface area contributed by atoms with Crippen LogP contribution in [0.15, 0.2) is 48.5 Å². The molecule has 0 aromatic heterocycles. The smallest absolute Gasteiger partial charge is 0.226 e. The quantitative estimate of drug-likeness (QED) is 0.767. The number of nitrogens with two attached hydrogens (primary N) is 1. The van der Waals surface area contributed by atoms with Gasteiger partial charge in [-0.2, -0.15) is 0 Å². The van der Waals surface area contributed by atoms with E-state index in [0.29, 0.717) is 12.5 Å². The molecule has 3 N–H and O–H groups in total. The van der Waals surface area contributed by atoms with Crippen LogP contribution >= 0.6 is 24.8 Å². The van der Waals surface area contributed by atoms with Gasteiger partial charge >= 0.3 is 0 Å². The van der Waals surface area contributed by atoms with E-state index in [1.165, 1.54) is 11.3 Å². The van der Waals surface area contributed by atoms with Crippen molar-refractivity contribution < 1.29 is 4.79 Å². The molecule has 0 spiro atoms. The summed E-state index contributed by atoms with van der Waals surface area (Å²) in [5.41, 5.74) is 9.87. The largest absolute Gasteiger partial charge is 0.399 e. The molecule has 1 fully saturated rings. The lowest BCUT2D eigenvalue weighted by molar-refractivity contribution is -0.131. The van der Waals surface area contributed by atoms with Crippen molar-refractivity contribution in [2.24, 2.45) is 0 Å². The van der Waals surface area contributed by atoms with E-state index in [9.17, 15) is 4.79 Å². The van der Waals surface area contributed by atoms with E-state index >= 15 is 0 Å². The third kappa shape index (κ3) is 6.11. The fourth-order valence-electron chi connectivity index (χ4n) is 3.17. The van der Waals surface area contributed by atoms with E-state index in [0.717, 1.165) is 37.2 Å². The molecular formula is C20H27Cl2N3O. The van der Waals surface area contributed by atoms with E-state index < -0.39 is 0 Å². The predicted molar refractivity (Wildman–Crippen MR) is 113 cm³/mol. The maximum Gasteiger partial charge on any atom is 0.226 e. The summed E-state index contributed by atoms with van der Waals surface area (Å²) >= 11 is 0. The van der Waals surface area contributed by atoms with E-state index in [-0.39, 0.29) is 30.7 Å². The molecule has 1 aliphatic heterocycles. The highest BCUT2D eigenvalue weighted by Crippen LogP contribution is 2.18. The van der Waals surface area contributed by atoms with Gasteiger partial charge < -0.3 is 16.0 Å². The normalized spacial score (nSPS) is 14.1. The molecule has 1 saturated heterocycles. The zero-order valence-electron chi connectivity index (χ0n) is 15.0. The Kier molecular flexibility index (Phi) is 8.76. The molecule has 26 heavy (non-hydrogen) atoms. The molecule has 142 valence electrons. The van der Waals surface area contributed by atoms with Crippen LogP contribution in [-0.2, 0) is 11.2 Å². The number of amides is 1. The lowest BCUT2D eigenvalue weighted by atomic mass is 10.0. The molecule has 0 radical (unpaired) electrons. The van der Waals surface area contributed by atoms with Crippen LogP contribution in [0, 0.1) is 6.92 Å². The third-order valence-electron chi connectivity index (χ3n) is 4.57.